The van der Waals surface area contributed by atoms with E-state index in [1.165, 1.54) is 7.05 Å². The highest BCUT2D eigenvalue weighted by Gasteiger charge is 1.78. The zero-order valence-corrected chi connectivity index (χ0v) is 8.95. The van der Waals surface area contributed by atoms with Crippen molar-refractivity contribution >= 4 is 0 Å². The fourth-order valence-corrected chi connectivity index (χ4v) is 0.283. The normalized spacial score (nSPS) is 7.29. The predicted octanol–water partition coefficient (Wildman–Crippen LogP) is -2.77. The lowest BCUT2D eigenvalue weighted by atomic mass is 10.6. The largest absolute Gasteiger partial charge is 0.395 e. The van der Waals surface area contributed by atoms with Crippen LogP contribution < -0.4 is 22.9 Å². The summed E-state index contributed by atoms with van der Waals surface area (Å²) in [4.78, 5) is 0. The lowest BCUT2D eigenvalue weighted by Crippen LogP contribution is -2.21. The number of nitrogens with one attached hydrogen (secondary N) is 1. The molecule has 7 heteroatoms. The number of nitrogens with two attached hydrogens (primary N) is 2. The van der Waals surface area contributed by atoms with Gasteiger partial charge in [-0.15, -0.1) is 0 Å². The van der Waals surface area contributed by atoms with Crippen LogP contribution in [0.15, 0.2) is 0 Å². The predicted molar refractivity (Wildman–Crippen MR) is 58.3 cm³/mol. The molecule has 14 heavy (non-hydrogen) atoms. The van der Waals surface area contributed by atoms with Crippen molar-refractivity contribution in [2.45, 2.75) is 0 Å². The molecule has 0 aromatic rings. The molecule has 0 saturated carbocycles. The van der Waals surface area contributed by atoms with Crippen molar-refractivity contribution in [2.75, 3.05) is 46.5 Å². The molecule has 0 aliphatic rings. The lowest BCUT2D eigenvalue weighted by Gasteiger charge is -1.94. The van der Waals surface area contributed by atoms with Crippen LogP contribution in [0.3, 0.4) is 0 Å². The molecule has 11 N–H and O–H groups in total. The minimum Gasteiger partial charge on any atom is -0.395 e. The van der Waals surface area contributed by atoms with E-state index in [1.807, 2.05) is 0 Å². The Balaban J connectivity index is -0.0000000620. The summed E-state index contributed by atoms with van der Waals surface area (Å²) in [6, 6.07) is 0. The summed E-state index contributed by atoms with van der Waals surface area (Å²) in [5.41, 5.74) is 9.28. The molecule has 0 fully saturated rings. The Labute approximate surface area is 85.7 Å². The van der Waals surface area contributed by atoms with E-state index in [9.17, 15) is 0 Å². The molecule has 0 aliphatic carbocycles. The summed E-state index contributed by atoms with van der Waals surface area (Å²) in [5.74, 6) is 0. The Hall–Kier alpha value is -0.280. The third-order valence-electron chi connectivity index (χ3n) is 0.706. The number of rotatable bonds is 5. The smallest absolute Gasteiger partial charge is 0.0555 e. The summed E-state index contributed by atoms with van der Waals surface area (Å²) in [6.07, 6.45) is 0. The van der Waals surface area contributed by atoms with E-state index >= 15 is 0 Å². The van der Waals surface area contributed by atoms with E-state index in [4.69, 9.17) is 21.1 Å². The molecule has 0 aliphatic heterocycles. The van der Waals surface area contributed by atoms with Crippen LogP contribution in [0, 0.1) is 0 Å². The Bertz CT molecular complexity index is 54.2. The molecule has 0 heterocycles. The van der Waals surface area contributed by atoms with Gasteiger partial charge in [0.25, 0.3) is 0 Å². The summed E-state index contributed by atoms with van der Waals surface area (Å²) >= 11 is 0. The van der Waals surface area contributed by atoms with E-state index in [1.54, 1.807) is 0 Å². The average Bonchev–Trinajstić information content (AvgIpc) is 2.22. The number of aliphatic hydroxyl groups is 3. The van der Waals surface area contributed by atoms with Gasteiger partial charge in [-0.1, -0.05) is 0 Å². The summed E-state index contributed by atoms with van der Waals surface area (Å²) in [7, 11) is 1.50. The SMILES string of the molecule is CN.N.NCCO.OCCNCCO. The fraction of sp³-hybridized carbons (Fsp3) is 1.00. The molecule has 0 aromatic carbocycles. The Morgan fingerprint density at radius 1 is 0.929 bits per heavy atom. The van der Waals surface area contributed by atoms with Gasteiger partial charge in [0, 0.05) is 19.6 Å². The minimum absolute atomic E-state index is 0. The third-order valence-corrected chi connectivity index (χ3v) is 0.706. The van der Waals surface area contributed by atoms with Gasteiger partial charge in [-0.3, -0.25) is 0 Å². The first-order valence-electron chi connectivity index (χ1n) is 4.14. The zero-order chi connectivity index (χ0) is 10.9. The van der Waals surface area contributed by atoms with Crippen LogP contribution in [0.4, 0.5) is 0 Å². The quantitative estimate of drug-likeness (QED) is 0.244. The molecular formula is C7H26N4O3. The fourth-order valence-electron chi connectivity index (χ4n) is 0.283. The number of aliphatic hydroxyl groups excluding tert-OH is 3. The van der Waals surface area contributed by atoms with Gasteiger partial charge in [-0.05, 0) is 7.05 Å². The van der Waals surface area contributed by atoms with Gasteiger partial charge in [0.1, 0.15) is 0 Å². The molecule has 0 aromatic heterocycles. The second-order valence-electron chi connectivity index (χ2n) is 1.71. The van der Waals surface area contributed by atoms with Crippen LogP contribution in [0.5, 0.6) is 0 Å². The van der Waals surface area contributed by atoms with Gasteiger partial charge in [-0.25, -0.2) is 0 Å². The van der Waals surface area contributed by atoms with Crippen LogP contribution >= 0.6 is 0 Å². The number of hydrogen-bond acceptors (Lipinski definition) is 7. The van der Waals surface area contributed by atoms with Crippen molar-refractivity contribution in [2.24, 2.45) is 11.5 Å². The van der Waals surface area contributed by atoms with Gasteiger partial charge >= 0.3 is 0 Å². The zero-order valence-electron chi connectivity index (χ0n) is 8.95. The van der Waals surface area contributed by atoms with Crippen LogP contribution in [0.1, 0.15) is 0 Å². The van der Waals surface area contributed by atoms with E-state index in [-0.39, 0.29) is 26.0 Å². The first-order valence-corrected chi connectivity index (χ1v) is 4.14. The van der Waals surface area contributed by atoms with Gasteiger partial charge in [0.05, 0.1) is 19.8 Å². The van der Waals surface area contributed by atoms with Crippen LogP contribution in [-0.2, 0) is 0 Å². The van der Waals surface area contributed by atoms with Crippen LogP contribution in [0.25, 0.3) is 0 Å². The Kier molecular flexibility index (Phi) is 64.9. The van der Waals surface area contributed by atoms with Crippen LogP contribution in [0.2, 0.25) is 0 Å². The second kappa shape index (κ2) is 38.7. The Morgan fingerprint density at radius 3 is 1.36 bits per heavy atom. The lowest BCUT2D eigenvalue weighted by molar-refractivity contribution is 0.266. The molecule has 0 rings (SSSR count). The van der Waals surface area contributed by atoms with Crippen molar-refractivity contribution in [3.05, 3.63) is 0 Å². The highest BCUT2D eigenvalue weighted by atomic mass is 16.3. The average molecular weight is 214 g/mol. The summed E-state index contributed by atoms with van der Waals surface area (Å²) < 4.78 is 0. The minimum atomic E-state index is 0. The molecule has 0 amide bonds. The summed E-state index contributed by atoms with van der Waals surface area (Å²) in [5, 5.41) is 26.8. The van der Waals surface area contributed by atoms with Crippen LogP contribution in [-0.4, -0.2) is 61.8 Å². The molecule has 92 valence electrons. The van der Waals surface area contributed by atoms with Crippen molar-refractivity contribution in [1.82, 2.24) is 11.5 Å². The highest BCUT2D eigenvalue weighted by Crippen LogP contribution is 1.54. The molecular weight excluding hydrogens is 188 g/mol. The monoisotopic (exact) mass is 214 g/mol. The summed E-state index contributed by atoms with van der Waals surface area (Å²) in [6.45, 7) is 1.89. The van der Waals surface area contributed by atoms with E-state index in [2.05, 4.69) is 11.1 Å². The first-order chi connectivity index (χ1) is 6.33. The molecule has 0 unspecified atom stereocenters. The van der Waals surface area contributed by atoms with Gasteiger partial charge < -0.3 is 38.3 Å². The standard InChI is InChI=1S/C4H11NO2.C2H7NO.CH5N.H3N/c6-3-1-5-2-4-7;3-1-2-4;1-2;/h5-7H,1-4H2;4H,1-3H2;2H2,1H3;1H3. The maximum Gasteiger partial charge on any atom is 0.0555 e. The van der Waals surface area contributed by atoms with Crippen molar-refractivity contribution in [1.29, 1.82) is 0 Å². The molecule has 7 nitrogen and oxygen atoms in total. The highest BCUT2D eigenvalue weighted by molar-refractivity contribution is 4.39. The molecule has 0 spiro atoms. The van der Waals surface area contributed by atoms with Crippen molar-refractivity contribution in [3.63, 3.8) is 0 Å². The molecule has 0 saturated heterocycles. The topological polar surface area (TPSA) is 160 Å². The third kappa shape index (κ3) is 60.5. The Morgan fingerprint density at radius 2 is 1.21 bits per heavy atom. The second-order valence-corrected chi connectivity index (χ2v) is 1.71. The van der Waals surface area contributed by atoms with Gasteiger partial charge in [0.15, 0.2) is 0 Å². The molecule has 0 radical (unpaired) electrons. The van der Waals surface area contributed by atoms with E-state index < -0.39 is 0 Å². The number of hydrogen-bond donors (Lipinski definition) is 7. The van der Waals surface area contributed by atoms with Crippen molar-refractivity contribution in [3.8, 4) is 0 Å². The van der Waals surface area contributed by atoms with Gasteiger partial charge in [-0.2, -0.15) is 0 Å². The van der Waals surface area contributed by atoms with E-state index in [0.717, 1.165) is 0 Å². The van der Waals surface area contributed by atoms with Crippen molar-refractivity contribution < 1.29 is 15.3 Å². The maximum atomic E-state index is 8.15. The maximum absolute atomic E-state index is 8.15. The molecule has 0 atom stereocenters. The van der Waals surface area contributed by atoms with Gasteiger partial charge in [0.2, 0.25) is 0 Å². The molecule has 0 bridgehead atoms. The van der Waals surface area contributed by atoms with E-state index in [0.29, 0.717) is 19.6 Å². The first kappa shape index (κ1) is 23.5.